The summed E-state index contributed by atoms with van der Waals surface area (Å²) in [6.45, 7) is 7.01. The van der Waals surface area contributed by atoms with E-state index in [1.165, 1.54) is 0 Å². The molecule has 0 aliphatic rings. The zero-order valence-corrected chi connectivity index (χ0v) is 16.8. The maximum absolute atomic E-state index is 12.0. The predicted octanol–water partition coefficient (Wildman–Crippen LogP) is 1.50. The molecule has 0 aliphatic carbocycles. The smallest absolute Gasteiger partial charge is 0.238 e. The first-order chi connectivity index (χ1) is 11.6. The Morgan fingerprint density at radius 1 is 0.920 bits per heavy atom. The van der Waals surface area contributed by atoms with E-state index < -0.39 is 21.6 Å². The zero-order valence-electron chi connectivity index (χ0n) is 15.2. The van der Waals surface area contributed by atoms with Crippen molar-refractivity contribution in [3.8, 4) is 12.4 Å². The van der Waals surface area contributed by atoms with Gasteiger partial charge in [0.05, 0.1) is 0 Å². The van der Waals surface area contributed by atoms with Crippen LogP contribution < -0.4 is 10.6 Å². The molecule has 1 atom stereocenters. The molecular formula is C16H26N4O3S2. The van der Waals surface area contributed by atoms with Crippen LogP contribution in [0.2, 0.25) is 0 Å². The lowest BCUT2D eigenvalue weighted by Crippen LogP contribution is -2.35. The van der Waals surface area contributed by atoms with E-state index in [1.54, 1.807) is 51.8 Å². The molecule has 0 radical (unpaired) electrons. The lowest BCUT2D eigenvalue weighted by atomic mass is 9.89. The van der Waals surface area contributed by atoms with Crippen LogP contribution in [-0.2, 0) is 20.4 Å². The quantitative estimate of drug-likeness (QED) is 0.315. The highest BCUT2D eigenvalue weighted by atomic mass is 32.2. The SMILES string of the molecule is CC(C)(CCSCCS(=O)CCC(C)(C)C(=O)NC#N)C(=O)NC#N. The number of carbonyl (C=O) groups excluding carboxylic acids is 2. The summed E-state index contributed by atoms with van der Waals surface area (Å²) in [4.78, 5) is 23.4. The van der Waals surface area contributed by atoms with Crippen molar-refractivity contribution in [2.45, 2.75) is 40.5 Å². The van der Waals surface area contributed by atoms with Crippen molar-refractivity contribution in [3.05, 3.63) is 0 Å². The van der Waals surface area contributed by atoms with Gasteiger partial charge in [-0.1, -0.05) is 27.7 Å². The van der Waals surface area contributed by atoms with Crippen LogP contribution in [0.4, 0.5) is 0 Å². The molecule has 0 saturated heterocycles. The maximum atomic E-state index is 12.0. The van der Waals surface area contributed by atoms with Crippen LogP contribution in [0.3, 0.4) is 0 Å². The Labute approximate surface area is 156 Å². The topological polar surface area (TPSA) is 123 Å². The van der Waals surface area contributed by atoms with Gasteiger partial charge in [-0.2, -0.15) is 22.3 Å². The van der Waals surface area contributed by atoms with E-state index in [2.05, 4.69) is 10.6 Å². The number of nitrogens with one attached hydrogen (secondary N) is 2. The summed E-state index contributed by atoms with van der Waals surface area (Å²) < 4.78 is 12.0. The molecule has 1 unspecified atom stereocenters. The fourth-order valence-corrected chi connectivity index (χ4v) is 4.74. The van der Waals surface area contributed by atoms with Crippen molar-refractivity contribution < 1.29 is 13.8 Å². The lowest BCUT2D eigenvalue weighted by molar-refractivity contribution is -0.128. The molecule has 0 saturated carbocycles. The van der Waals surface area contributed by atoms with E-state index in [4.69, 9.17) is 10.5 Å². The van der Waals surface area contributed by atoms with E-state index in [-0.39, 0.29) is 11.8 Å². The Bertz CT molecular complexity index is 577. The molecule has 140 valence electrons. The molecule has 0 aromatic heterocycles. The predicted molar refractivity (Wildman–Crippen MR) is 99.5 cm³/mol. The van der Waals surface area contributed by atoms with Crippen LogP contribution in [0.15, 0.2) is 0 Å². The molecule has 7 nitrogen and oxygen atoms in total. The molecule has 0 rings (SSSR count). The Kier molecular flexibility index (Phi) is 10.4. The summed E-state index contributed by atoms with van der Waals surface area (Å²) in [7, 11) is -1.03. The van der Waals surface area contributed by atoms with Crippen LogP contribution in [0, 0.1) is 33.7 Å². The van der Waals surface area contributed by atoms with Gasteiger partial charge < -0.3 is 0 Å². The van der Waals surface area contributed by atoms with Crippen molar-refractivity contribution in [1.29, 1.82) is 10.5 Å². The summed E-state index contributed by atoms with van der Waals surface area (Å²) in [6, 6.07) is 0. The number of amides is 2. The zero-order chi connectivity index (χ0) is 19.5. The third-order valence-electron chi connectivity index (χ3n) is 3.85. The van der Waals surface area contributed by atoms with Crippen LogP contribution in [0.25, 0.3) is 0 Å². The summed E-state index contributed by atoms with van der Waals surface area (Å²) in [5.74, 6) is 1.71. The van der Waals surface area contributed by atoms with Crippen molar-refractivity contribution in [2.24, 2.45) is 10.8 Å². The van der Waals surface area contributed by atoms with Crippen LogP contribution in [-0.4, -0.2) is 39.0 Å². The van der Waals surface area contributed by atoms with Gasteiger partial charge in [0.15, 0.2) is 12.4 Å². The molecule has 25 heavy (non-hydrogen) atoms. The van der Waals surface area contributed by atoms with Gasteiger partial charge in [-0.25, -0.2) is 0 Å². The van der Waals surface area contributed by atoms with Crippen molar-refractivity contribution in [2.75, 3.05) is 23.0 Å². The van der Waals surface area contributed by atoms with Gasteiger partial charge in [-0.3, -0.25) is 24.4 Å². The molecule has 0 aromatic carbocycles. The second-order valence-electron chi connectivity index (χ2n) is 6.86. The fraction of sp³-hybridized carbons (Fsp3) is 0.750. The molecule has 0 fully saturated rings. The third-order valence-corrected chi connectivity index (χ3v) is 6.41. The molecule has 2 N–H and O–H groups in total. The van der Waals surface area contributed by atoms with Crippen molar-refractivity contribution in [1.82, 2.24) is 10.6 Å². The Morgan fingerprint density at radius 2 is 1.40 bits per heavy atom. The number of nitriles is 2. The molecule has 2 amide bonds. The number of hydrogen-bond acceptors (Lipinski definition) is 6. The second-order valence-corrected chi connectivity index (χ2v) is 9.78. The summed E-state index contributed by atoms with van der Waals surface area (Å²) >= 11 is 1.61. The second kappa shape index (κ2) is 11.1. The monoisotopic (exact) mass is 386 g/mol. The average molecular weight is 387 g/mol. The molecular weight excluding hydrogens is 360 g/mol. The maximum Gasteiger partial charge on any atom is 0.238 e. The molecule has 0 aromatic rings. The van der Waals surface area contributed by atoms with Crippen molar-refractivity contribution >= 4 is 34.4 Å². The number of thioether (sulfide) groups is 1. The Morgan fingerprint density at radius 3 is 1.88 bits per heavy atom. The minimum atomic E-state index is -1.03. The molecule has 0 spiro atoms. The van der Waals surface area contributed by atoms with E-state index in [1.807, 2.05) is 0 Å². The normalized spacial score (nSPS) is 12.6. The Hall–Kier alpha value is -1.58. The van der Waals surface area contributed by atoms with Gasteiger partial charge in [-0.15, -0.1) is 0 Å². The van der Waals surface area contributed by atoms with Gasteiger partial charge in [0.1, 0.15) is 0 Å². The first-order valence-electron chi connectivity index (χ1n) is 7.88. The molecule has 0 bridgehead atoms. The number of rotatable bonds is 11. The number of hydrogen-bond donors (Lipinski definition) is 2. The van der Waals surface area contributed by atoms with Gasteiger partial charge in [0.25, 0.3) is 0 Å². The Balaban J connectivity index is 4.03. The van der Waals surface area contributed by atoms with Crippen molar-refractivity contribution in [3.63, 3.8) is 0 Å². The van der Waals surface area contributed by atoms with Gasteiger partial charge in [0, 0.05) is 38.9 Å². The molecule has 9 heteroatoms. The van der Waals surface area contributed by atoms with Crippen LogP contribution in [0.1, 0.15) is 40.5 Å². The number of nitrogens with zero attached hydrogens (tertiary/aromatic N) is 2. The van der Waals surface area contributed by atoms with E-state index in [0.29, 0.717) is 30.1 Å². The average Bonchev–Trinajstić information content (AvgIpc) is 2.53. The highest BCUT2D eigenvalue weighted by Crippen LogP contribution is 2.23. The summed E-state index contributed by atoms with van der Waals surface area (Å²) in [6.07, 6.45) is 4.32. The number of carbonyl (C=O) groups is 2. The minimum Gasteiger partial charge on any atom is -0.273 e. The van der Waals surface area contributed by atoms with Crippen LogP contribution >= 0.6 is 11.8 Å². The largest absolute Gasteiger partial charge is 0.273 e. The standard InChI is InChI=1S/C16H26N4O3S2/c1-15(2,13(21)19-11-17)5-7-24-8-10-25(23)9-6-16(3,4)14(22)20-12-18/h5-10H2,1-4H3,(H,19,21)(H,20,22). The highest BCUT2D eigenvalue weighted by molar-refractivity contribution is 8.00. The third kappa shape index (κ3) is 9.47. The van der Waals surface area contributed by atoms with Gasteiger partial charge in [0.2, 0.25) is 11.8 Å². The molecule has 0 aliphatic heterocycles. The summed E-state index contributed by atoms with van der Waals surface area (Å²) in [5.41, 5.74) is -1.34. The molecule has 0 heterocycles. The van der Waals surface area contributed by atoms with Crippen LogP contribution in [0.5, 0.6) is 0 Å². The van der Waals surface area contributed by atoms with Gasteiger partial charge in [-0.05, 0) is 18.6 Å². The van der Waals surface area contributed by atoms with E-state index in [0.717, 1.165) is 5.75 Å². The van der Waals surface area contributed by atoms with E-state index in [9.17, 15) is 13.8 Å². The highest BCUT2D eigenvalue weighted by Gasteiger charge is 2.28. The summed E-state index contributed by atoms with van der Waals surface area (Å²) in [5, 5.41) is 21.2. The van der Waals surface area contributed by atoms with Gasteiger partial charge >= 0.3 is 0 Å². The fourth-order valence-electron chi connectivity index (χ4n) is 1.72. The lowest BCUT2D eigenvalue weighted by Gasteiger charge is -2.21. The first kappa shape index (κ1) is 23.4. The minimum absolute atomic E-state index is 0.294. The van der Waals surface area contributed by atoms with E-state index >= 15 is 0 Å². The first-order valence-corrected chi connectivity index (χ1v) is 10.5.